The van der Waals surface area contributed by atoms with Crippen molar-refractivity contribution in [1.82, 2.24) is 9.55 Å². The minimum absolute atomic E-state index is 0.00317. The zero-order valence-corrected chi connectivity index (χ0v) is 14.6. The third-order valence-corrected chi connectivity index (χ3v) is 4.60. The average Bonchev–Trinajstić information content (AvgIpc) is 2.96. The maximum atomic E-state index is 12.4. The van der Waals surface area contributed by atoms with Crippen molar-refractivity contribution in [3.63, 3.8) is 0 Å². The molecule has 0 bridgehead atoms. The predicted octanol–water partition coefficient (Wildman–Crippen LogP) is 3.45. The zero-order chi connectivity index (χ0) is 16.2. The van der Waals surface area contributed by atoms with E-state index >= 15 is 0 Å². The Balaban J connectivity index is 1.66. The number of aromatic nitrogens is 2. The van der Waals surface area contributed by atoms with E-state index in [2.05, 4.69) is 38.4 Å². The minimum atomic E-state index is -0.00317. The summed E-state index contributed by atoms with van der Waals surface area (Å²) in [6.45, 7) is 3.33. The highest BCUT2D eigenvalue weighted by Crippen LogP contribution is 2.21. The number of carbonyl (C=O) groups is 1. The van der Waals surface area contributed by atoms with Crippen LogP contribution < -0.4 is 5.32 Å². The van der Waals surface area contributed by atoms with Crippen molar-refractivity contribution in [2.75, 3.05) is 11.9 Å². The molecule has 1 aromatic heterocycles. The van der Waals surface area contributed by atoms with Crippen molar-refractivity contribution in [3.8, 4) is 0 Å². The van der Waals surface area contributed by atoms with Gasteiger partial charge in [-0.3, -0.25) is 10.1 Å². The lowest BCUT2D eigenvalue weighted by Crippen LogP contribution is -2.32. The van der Waals surface area contributed by atoms with Crippen molar-refractivity contribution in [2.24, 2.45) is 5.92 Å². The van der Waals surface area contributed by atoms with Gasteiger partial charge in [0.25, 0.3) is 0 Å². The summed E-state index contributed by atoms with van der Waals surface area (Å²) >= 11 is 3.43. The number of rotatable bonds is 4. The lowest BCUT2D eigenvalue weighted by Gasteiger charge is -2.26. The summed E-state index contributed by atoms with van der Waals surface area (Å²) < 4.78 is 8.50. The second kappa shape index (κ2) is 7.27. The van der Waals surface area contributed by atoms with Gasteiger partial charge in [0.2, 0.25) is 11.9 Å². The van der Waals surface area contributed by atoms with Crippen LogP contribution in [0.1, 0.15) is 25.3 Å². The first-order valence-electron chi connectivity index (χ1n) is 7.80. The quantitative estimate of drug-likeness (QED) is 0.887. The van der Waals surface area contributed by atoms with E-state index in [0.717, 1.165) is 22.9 Å². The standard InChI is InChI=1S/C17H20BrN3O2/c1-12-10-14(6-9-23-12)16(22)20-17-19-7-8-21(17)11-13-2-4-15(18)5-3-13/h2-5,7-8,12,14H,6,9-11H2,1H3,(H,19,20,22). The van der Waals surface area contributed by atoms with Gasteiger partial charge >= 0.3 is 0 Å². The fourth-order valence-electron chi connectivity index (χ4n) is 2.80. The molecule has 6 heteroatoms. The maximum Gasteiger partial charge on any atom is 0.229 e. The van der Waals surface area contributed by atoms with Gasteiger partial charge in [-0.1, -0.05) is 28.1 Å². The summed E-state index contributed by atoms with van der Waals surface area (Å²) in [5, 5.41) is 2.96. The molecule has 5 nitrogen and oxygen atoms in total. The fraction of sp³-hybridized carbons (Fsp3) is 0.412. The Bertz CT molecular complexity index is 669. The van der Waals surface area contributed by atoms with Crippen LogP contribution in [0.3, 0.4) is 0 Å². The molecule has 1 aliphatic heterocycles. The van der Waals surface area contributed by atoms with E-state index in [0.29, 0.717) is 19.1 Å². The molecule has 23 heavy (non-hydrogen) atoms. The number of nitrogens with zero attached hydrogens (tertiary/aromatic N) is 2. The molecule has 1 saturated heterocycles. The predicted molar refractivity (Wildman–Crippen MR) is 92.2 cm³/mol. The summed E-state index contributed by atoms with van der Waals surface area (Å²) in [6.07, 6.45) is 5.26. The zero-order valence-electron chi connectivity index (χ0n) is 13.0. The van der Waals surface area contributed by atoms with Crippen LogP contribution in [-0.2, 0) is 16.1 Å². The van der Waals surface area contributed by atoms with Crippen LogP contribution in [0, 0.1) is 5.92 Å². The third kappa shape index (κ3) is 4.20. The highest BCUT2D eigenvalue weighted by Gasteiger charge is 2.26. The Hall–Kier alpha value is -1.66. The SMILES string of the molecule is CC1CC(C(=O)Nc2nccn2Cc2ccc(Br)cc2)CCO1. The minimum Gasteiger partial charge on any atom is -0.378 e. The number of carbonyl (C=O) groups excluding carboxylic acids is 1. The first-order valence-corrected chi connectivity index (χ1v) is 8.59. The topological polar surface area (TPSA) is 56.2 Å². The number of imidazole rings is 1. The molecule has 0 radical (unpaired) electrons. The lowest BCUT2D eigenvalue weighted by molar-refractivity contribution is -0.124. The Labute approximate surface area is 144 Å². The number of hydrogen-bond acceptors (Lipinski definition) is 3. The van der Waals surface area contributed by atoms with Crippen LogP contribution in [0.5, 0.6) is 0 Å². The molecule has 0 aliphatic carbocycles. The Morgan fingerprint density at radius 2 is 2.22 bits per heavy atom. The fourth-order valence-corrected chi connectivity index (χ4v) is 3.06. The van der Waals surface area contributed by atoms with Gasteiger partial charge in [-0.25, -0.2) is 4.98 Å². The van der Waals surface area contributed by atoms with Crippen LogP contribution in [0.25, 0.3) is 0 Å². The Kier molecular flexibility index (Phi) is 5.13. The smallest absolute Gasteiger partial charge is 0.229 e. The van der Waals surface area contributed by atoms with E-state index < -0.39 is 0 Å². The van der Waals surface area contributed by atoms with Crippen molar-refractivity contribution < 1.29 is 9.53 Å². The molecular formula is C17H20BrN3O2. The van der Waals surface area contributed by atoms with E-state index in [9.17, 15) is 4.79 Å². The number of amides is 1. The molecule has 2 atom stereocenters. The molecule has 2 heterocycles. The van der Waals surface area contributed by atoms with Crippen molar-refractivity contribution in [3.05, 3.63) is 46.7 Å². The Morgan fingerprint density at radius 1 is 1.43 bits per heavy atom. The van der Waals surface area contributed by atoms with Gasteiger partial charge in [-0.15, -0.1) is 0 Å². The number of hydrogen-bond donors (Lipinski definition) is 1. The molecule has 1 aliphatic rings. The lowest BCUT2D eigenvalue weighted by atomic mass is 9.95. The van der Waals surface area contributed by atoms with Crippen molar-refractivity contribution in [1.29, 1.82) is 0 Å². The largest absolute Gasteiger partial charge is 0.378 e. The van der Waals surface area contributed by atoms with Crippen LogP contribution in [0.2, 0.25) is 0 Å². The molecule has 1 amide bonds. The van der Waals surface area contributed by atoms with E-state index in [1.165, 1.54) is 0 Å². The van der Waals surface area contributed by atoms with Crippen LogP contribution in [0.4, 0.5) is 5.95 Å². The van der Waals surface area contributed by atoms with Gasteiger partial charge in [0.15, 0.2) is 0 Å². The number of ether oxygens (including phenoxy) is 1. The van der Waals surface area contributed by atoms with E-state index in [4.69, 9.17) is 4.74 Å². The number of nitrogens with one attached hydrogen (secondary N) is 1. The van der Waals surface area contributed by atoms with Crippen LogP contribution in [-0.4, -0.2) is 28.2 Å². The first kappa shape index (κ1) is 16.2. The molecule has 2 unspecified atom stereocenters. The highest BCUT2D eigenvalue weighted by atomic mass is 79.9. The van der Waals surface area contributed by atoms with Gasteiger partial charge in [-0.05, 0) is 37.5 Å². The summed E-state index contributed by atoms with van der Waals surface area (Å²) in [5.41, 5.74) is 1.15. The van der Waals surface area contributed by atoms with Gasteiger partial charge in [0.1, 0.15) is 0 Å². The second-order valence-electron chi connectivity index (χ2n) is 5.90. The molecule has 0 saturated carbocycles. The molecule has 0 spiro atoms. The second-order valence-corrected chi connectivity index (χ2v) is 6.81. The molecule has 1 N–H and O–H groups in total. The van der Waals surface area contributed by atoms with E-state index in [-0.39, 0.29) is 17.9 Å². The molecule has 2 aromatic rings. The first-order chi connectivity index (χ1) is 11.1. The van der Waals surface area contributed by atoms with E-state index in [1.54, 1.807) is 6.20 Å². The molecule has 1 aromatic carbocycles. The molecule has 1 fully saturated rings. The number of halogens is 1. The van der Waals surface area contributed by atoms with Gasteiger partial charge in [-0.2, -0.15) is 0 Å². The number of anilines is 1. The maximum absolute atomic E-state index is 12.4. The van der Waals surface area contributed by atoms with Crippen LogP contribution in [0.15, 0.2) is 41.1 Å². The molecule has 122 valence electrons. The summed E-state index contributed by atoms with van der Waals surface area (Å²) in [4.78, 5) is 16.7. The van der Waals surface area contributed by atoms with Crippen LogP contribution >= 0.6 is 15.9 Å². The van der Waals surface area contributed by atoms with Crippen molar-refractivity contribution in [2.45, 2.75) is 32.4 Å². The van der Waals surface area contributed by atoms with Gasteiger partial charge in [0, 0.05) is 29.4 Å². The monoisotopic (exact) mass is 377 g/mol. The number of benzene rings is 1. The Morgan fingerprint density at radius 3 is 2.96 bits per heavy atom. The summed E-state index contributed by atoms with van der Waals surface area (Å²) in [6, 6.07) is 8.12. The summed E-state index contributed by atoms with van der Waals surface area (Å²) in [5.74, 6) is 0.622. The van der Waals surface area contributed by atoms with Gasteiger partial charge in [0.05, 0.1) is 12.6 Å². The van der Waals surface area contributed by atoms with Crippen molar-refractivity contribution >= 4 is 27.8 Å². The average molecular weight is 378 g/mol. The summed E-state index contributed by atoms with van der Waals surface area (Å²) in [7, 11) is 0. The highest BCUT2D eigenvalue weighted by molar-refractivity contribution is 9.10. The normalized spacial score (nSPS) is 21.1. The van der Waals surface area contributed by atoms with E-state index in [1.807, 2.05) is 29.8 Å². The molecular weight excluding hydrogens is 358 g/mol. The molecule has 3 rings (SSSR count). The third-order valence-electron chi connectivity index (χ3n) is 4.07. The van der Waals surface area contributed by atoms with Gasteiger partial charge < -0.3 is 9.30 Å².